The molecule has 17 heavy (non-hydrogen) atoms. The second kappa shape index (κ2) is 4.77. The zero-order valence-electron chi connectivity index (χ0n) is 10.0. The number of rotatable bonds is 1. The summed E-state index contributed by atoms with van der Waals surface area (Å²) in [5.41, 5.74) is 0. The average molecular weight is 238 g/mol. The quantitative estimate of drug-likeness (QED) is 0.694. The number of hydrogen-bond donors (Lipinski definition) is 1. The molecule has 2 rings (SSSR count). The van der Waals surface area contributed by atoms with Gasteiger partial charge in [0.1, 0.15) is 0 Å². The summed E-state index contributed by atoms with van der Waals surface area (Å²) in [6, 6.07) is -0.0232. The van der Waals surface area contributed by atoms with E-state index >= 15 is 0 Å². The Bertz CT molecular complexity index is 354. The topological polar surface area (TPSA) is 60.9 Å². The van der Waals surface area contributed by atoms with Crippen molar-refractivity contribution in [2.24, 2.45) is 11.8 Å². The Morgan fingerprint density at radius 2 is 2.00 bits per heavy atom. The molecule has 0 aromatic carbocycles. The van der Waals surface area contributed by atoms with Gasteiger partial charge in [0.25, 0.3) is 0 Å². The largest absolute Gasteiger partial charge is 0.481 e. The average Bonchev–Trinajstić information content (AvgIpc) is 2.71. The van der Waals surface area contributed by atoms with Crippen LogP contribution in [0.5, 0.6) is 0 Å². The van der Waals surface area contributed by atoms with Gasteiger partial charge in [-0.2, -0.15) is 0 Å². The molecule has 0 unspecified atom stereocenters. The van der Waals surface area contributed by atoms with Gasteiger partial charge in [0.2, 0.25) is 0 Å². The van der Waals surface area contributed by atoms with Crippen molar-refractivity contribution < 1.29 is 14.7 Å². The minimum atomic E-state index is -0.800. The molecule has 0 aromatic heterocycles. The molecule has 2 atom stereocenters. The number of likely N-dealkylation sites (tertiary alicyclic amines) is 1. The van der Waals surface area contributed by atoms with Gasteiger partial charge in [-0.25, -0.2) is 4.79 Å². The van der Waals surface area contributed by atoms with Crippen LogP contribution in [0.25, 0.3) is 0 Å². The summed E-state index contributed by atoms with van der Waals surface area (Å²) in [5.74, 6) is -1.18. The second-order valence-corrected chi connectivity index (χ2v) is 4.82. The molecule has 5 heteroatoms. The van der Waals surface area contributed by atoms with Crippen LogP contribution in [0, 0.1) is 11.8 Å². The van der Waals surface area contributed by atoms with Gasteiger partial charge in [-0.1, -0.05) is 19.1 Å². The summed E-state index contributed by atoms with van der Waals surface area (Å²) in [6.45, 7) is 4.16. The molecule has 2 aliphatic heterocycles. The van der Waals surface area contributed by atoms with Crippen molar-refractivity contribution in [3.05, 3.63) is 12.2 Å². The second-order valence-electron chi connectivity index (χ2n) is 4.82. The van der Waals surface area contributed by atoms with E-state index in [1.807, 2.05) is 13.0 Å². The number of carboxylic acid groups (broad SMARTS) is 1. The maximum Gasteiger partial charge on any atom is 0.320 e. The molecule has 2 amide bonds. The van der Waals surface area contributed by atoms with Crippen LogP contribution in [0.3, 0.4) is 0 Å². The van der Waals surface area contributed by atoms with E-state index in [2.05, 4.69) is 6.08 Å². The normalized spacial score (nSPS) is 28.5. The lowest BCUT2D eigenvalue weighted by Gasteiger charge is -2.28. The maximum atomic E-state index is 12.1. The number of carbonyl (C=O) groups excluding carboxylic acids is 1. The molecule has 0 saturated carbocycles. The molecule has 2 heterocycles. The van der Waals surface area contributed by atoms with Gasteiger partial charge >= 0.3 is 12.0 Å². The zero-order chi connectivity index (χ0) is 12.4. The molecule has 0 radical (unpaired) electrons. The van der Waals surface area contributed by atoms with E-state index in [0.717, 1.165) is 13.0 Å². The lowest BCUT2D eigenvalue weighted by Crippen LogP contribution is -2.43. The highest BCUT2D eigenvalue weighted by atomic mass is 16.4. The van der Waals surface area contributed by atoms with E-state index in [1.54, 1.807) is 9.80 Å². The molecule has 1 fully saturated rings. The molecule has 5 nitrogen and oxygen atoms in total. The van der Waals surface area contributed by atoms with Crippen molar-refractivity contribution in [3.8, 4) is 0 Å². The third-order valence-electron chi connectivity index (χ3n) is 3.53. The third kappa shape index (κ3) is 2.43. The van der Waals surface area contributed by atoms with E-state index in [0.29, 0.717) is 19.6 Å². The number of amides is 2. The van der Waals surface area contributed by atoms with Crippen LogP contribution >= 0.6 is 0 Å². The van der Waals surface area contributed by atoms with Crippen molar-refractivity contribution in [1.82, 2.24) is 9.80 Å². The fourth-order valence-electron chi connectivity index (χ4n) is 2.46. The number of carboxylic acids is 1. The van der Waals surface area contributed by atoms with Crippen molar-refractivity contribution in [3.63, 3.8) is 0 Å². The number of carbonyl (C=O) groups is 2. The first-order chi connectivity index (χ1) is 8.09. The summed E-state index contributed by atoms with van der Waals surface area (Å²) in [7, 11) is 0. The molecule has 1 N–H and O–H groups in total. The maximum absolute atomic E-state index is 12.1. The van der Waals surface area contributed by atoms with Crippen LogP contribution in [0.2, 0.25) is 0 Å². The van der Waals surface area contributed by atoms with E-state index in [1.165, 1.54) is 0 Å². The van der Waals surface area contributed by atoms with Crippen LogP contribution in [0.15, 0.2) is 12.2 Å². The first-order valence-electron chi connectivity index (χ1n) is 6.01. The summed E-state index contributed by atoms with van der Waals surface area (Å²) in [4.78, 5) is 26.6. The number of nitrogens with zero attached hydrogens (tertiary/aromatic N) is 2. The molecule has 1 saturated heterocycles. The predicted octanol–water partition coefficient (Wildman–Crippen LogP) is 1.02. The van der Waals surface area contributed by atoms with Gasteiger partial charge in [-0.15, -0.1) is 0 Å². The third-order valence-corrected chi connectivity index (χ3v) is 3.53. The number of hydrogen-bond acceptors (Lipinski definition) is 2. The van der Waals surface area contributed by atoms with Crippen LogP contribution in [-0.2, 0) is 4.79 Å². The number of aliphatic carboxylic acids is 1. The van der Waals surface area contributed by atoms with E-state index < -0.39 is 11.9 Å². The standard InChI is InChI=1S/C12H18N2O3/c1-9-7-14(8-10(9)11(15)16)12(17)13-5-3-2-4-6-13/h2-3,9-10H,4-8H2,1H3,(H,15,16)/t9-,10-/m1/s1. The lowest BCUT2D eigenvalue weighted by molar-refractivity contribution is -0.142. The molecular weight excluding hydrogens is 220 g/mol. The van der Waals surface area contributed by atoms with Crippen molar-refractivity contribution >= 4 is 12.0 Å². The minimum Gasteiger partial charge on any atom is -0.481 e. The van der Waals surface area contributed by atoms with E-state index in [-0.39, 0.29) is 11.9 Å². The summed E-state index contributed by atoms with van der Waals surface area (Å²) < 4.78 is 0. The summed E-state index contributed by atoms with van der Waals surface area (Å²) >= 11 is 0. The van der Waals surface area contributed by atoms with Gasteiger partial charge in [-0.3, -0.25) is 4.79 Å². The Balaban J connectivity index is 1.97. The molecular formula is C12H18N2O3. The smallest absolute Gasteiger partial charge is 0.320 e. The summed E-state index contributed by atoms with van der Waals surface area (Å²) in [5, 5.41) is 9.03. The summed E-state index contributed by atoms with van der Waals surface area (Å²) in [6.07, 6.45) is 4.93. The highest BCUT2D eigenvalue weighted by Crippen LogP contribution is 2.24. The predicted molar refractivity (Wildman–Crippen MR) is 62.6 cm³/mol. The van der Waals surface area contributed by atoms with E-state index in [4.69, 9.17) is 5.11 Å². The first-order valence-corrected chi connectivity index (χ1v) is 6.01. The van der Waals surface area contributed by atoms with Crippen LogP contribution in [0.1, 0.15) is 13.3 Å². The van der Waals surface area contributed by atoms with E-state index in [9.17, 15) is 9.59 Å². The fraction of sp³-hybridized carbons (Fsp3) is 0.667. The molecule has 0 spiro atoms. The Labute approximate surface area is 101 Å². The Hall–Kier alpha value is -1.52. The van der Waals surface area contributed by atoms with Crippen LogP contribution in [-0.4, -0.2) is 53.1 Å². The van der Waals surface area contributed by atoms with Gasteiger partial charge in [0.05, 0.1) is 5.92 Å². The SMILES string of the molecule is C[C@@H]1CN(C(=O)N2CC=CCC2)C[C@H]1C(=O)O. The fourth-order valence-corrected chi connectivity index (χ4v) is 2.46. The molecule has 0 aliphatic carbocycles. The monoisotopic (exact) mass is 238 g/mol. The molecule has 0 aromatic rings. The van der Waals surface area contributed by atoms with Crippen molar-refractivity contribution in [1.29, 1.82) is 0 Å². The Morgan fingerprint density at radius 3 is 2.53 bits per heavy atom. The van der Waals surface area contributed by atoms with Crippen LogP contribution in [0.4, 0.5) is 4.79 Å². The first kappa shape index (κ1) is 12.0. The van der Waals surface area contributed by atoms with Crippen molar-refractivity contribution in [2.45, 2.75) is 13.3 Å². The Kier molecular flexibility index (Phi) is 3.36. The molecule has 2 aliphatic rings. The highest BCUT2D eigenvalue weighted by Gasteiger charge is 2.38. The lowest BCUT2D eigenvalue weighted by atomic mass is 9.99. The molecule has 94 valence electrons. The minimum absolute atomic E-state index is 0.0232. The zero-order valence-corrected chi connectivity index (χ0v) is 10.0. The van der Waals surface area contributed by atoms with Gasteiger partial charge in [0.15, 0.2) is 0 Å². The molecule has 0 bridgehead atoms. The van der Waals surface area contributed by atoms with Gasteiger partial charge < -0.3 is 14.9 Å². The highest BCUT2D eigenvalue weighted by molar-refractivity contribution is 5.78. The van der Waals surface area contributed by atoms with Gasteiger partial charge in [-0.05, 0) is 12.3 Å². The number of urea groups is 1. The Morgan fingerprint density at radius 1 is 1.24 bits per heavy atom. The van der Waals surface area contributed by atoms with Gasteiger partial charge in [0, 0.05) is 26.2 Å². The van der Waals surface area contributed by atoms with Crippen LogP contribution < -0.4 is 0 Å². The van der Waals surface area contributed by atoms with Crippen molar-refractivity contribution in [2.75, 3.05) is 26.2 Å².